The molecule has 0 aliphatic rings. The first kappa shape index (κ1) is 51.7. The molecule has 0 bridgehead atoms. The van der Waals surface area contributed by atoms with Crippen molar-refractivity contribution in [3.8, 4) is 12.1 Å². The number of rotatable bonds is 2. The molecule has 0 saturated heterocycles. The summed E-state index contributed by atoms with van der Waals surface area (Å²) < 4.78 is 31.2. The van der Waals surface area contributed by atoms with Gasteiger partial charge in [-0.2, -0.15) is 10.3 Å². The summed E-state index contributed by atoms with van der Waals surface area (Å²) in [5.74, 6) is 9.50. The van der Waals surface area contributed by atoms with E-state index in [9.17, 15) is 19.2 Å². The van der Waals surface area contributed by atoms with E-state index < -0.39 is 17.6 Å². The minimum Gasteiger partial charge on any atom is -0.467 e. The number of nitrogens with zero attached hydrogens (tertiary/aromatic N) is 6. The van der Waals surface area contributed by atoms with Crippen LogP contribution in [0.3, 0.4) is 0 Å². The third kappa shape index (κ3) is 44.0. The number of aryl methyl sites for hydroxylation is 1. The van der Waals surface area contributed by atoms with Crippen molar-refractivity contribution in [3.05, 3.63) is 10.5 Å². The highest BCUT2D eigenvalue weighted by atomic mass is 35.5. The fourth-order valence-corrected chi connectivity index (χ4v) is 1.06. The number of hydrazine groups is 2. The molecule has 0 fully saturated rings. The van der Waals surface area contributed by atoms with E-state index in [1.165, 1.54) is 75.5 Å². The number of nitrogens with one attached hydrogen (secondary N) is 3. The fourth-order valence-electron chi connectivity index (χ4n) is 1.06. The first-order chi connectivity index (χ1) is 20.4. The Morgan fingerprint density at radius 2 is 1.41 bits per heavy atom. The van der Waals surface area contributed by atoms with Crippen molar-refractivity contribution in [1.29, 1.82) is 10.7 Å². The molecule has 0 saturated carbocycles. The Bertz CT molecular complexity index is 992. The summed E-state index contributed by atoms with van der Waals surface area (Å²) in [7, 11) is 15.3. The number of aromatic amines is 1. The third-order valence-electron chi connectivity index (χ3n) is 2.83. The molecule has 0 aromatic carbocycles. The highest BCUT2D eigenvalue weighted by Crippen LogP contribution is 1.90. The molecule has 9 N–H and O–H groups in total. The molecule has 0 atom stereocenters. The highest BCUT2D eigenvalue weighted by molar-refractivity contribution is 6.61. The van der Waals surface area contributed by atoms with Crippen LogP contribution in [-0.2, 0) is 35.5 Å². The van der Waals surface area contributed by atoms with Gasteiger partial charge in [-0.1, -0.05) is 0 Å². The molecule has 0 radical (unpaired) electrons. The summed E-state index contributed by atoms with van der Waals surface area (Å²) in [6, 6.07) is 1.89. The summed E-state index contributed by atoms with van der Waals surface area (Å²) in [5, 5.41) is 22.8. The molecule has 1 heterocycles. The number of hydrogen-bond acceptors (Lipinski definition) is 18. The smallest absolute Gasteiger partial charge is 0.429 e. The van der Waals surface area contributed by atoms with Gasteiger partial charge in [0.25, 0.3) is 0 Å². The fraction of sp³-hybridized carbons (Fsp3) is 0.600. The van der Waals surface area contributed by atoms with Crippen LogP contribution in [0.15, 0.2) is 9.90 Å². The quantitative estimate of drug-likeness (QED) is 0.0422. The number of carbonyl (C=O) groups is 3. The first-order valence-corrected chi connectivity index (χ1v) is 11.3. The van der Waals surface area contributed by atoms with Gasteiger partial charge >= 0.3 is 41.4 Å². The van der Waals surface area contributed by atoms with Crippen LogP contribution in [0.5, 0.6) is 6.01 Å². The van der Waals surface area contributed by atoms with Crippen LogP contribution in [0.4, 0.5) is 14.4 Å². The second-order valence-corrected chi connectivity index (χ2v) is 6.24. The van der Waals surface area contributed by atoms with Crippen molar-refractivity contribution < 1.29 is 47.5 Å². The van der Waals surface area contributed by atoms with Crippen LogP contribution in [0, 0.1) is 16.7 Å². The molecule has 1 rings (SSSR count). The molecule has 1 aromatic heterocycles. The zero-order valence-electron chi connectivity index (χ0n) is 26.8. The maximum atomic E-state index is 10.6. The number of hydrogen-bond donors (Lipinski definition) is 6. The van der Waals surface area contributed by atoms with Crippen molar-refractivity contribution in [3.63, 3.8) is 0 Å². The molecule has 258 valence electrons. The normalized spacial score (nSPS) is 8.18. The minimum absolute atomic E-state index is 0.0992. The van der Waals surface area contributed by atoms with Crippen molar-refractivity contribution in [2.45, 2.75) is 6.92 Å². The Morgan fingerprint density at radius 1 is 1.02 bits per heavy atom. The van der Waals surface area contributed by atoms with E-state index in [-0.39, 0.29) is 23.8 Å². The zero-order chi connectivity index (χ0) is 36.3. The number of H-pyrrole nitrogens is 1. The molecule has 23 nitrogen and oxygen atoms in total. The lowest BCUT2D eigenvalue weighted by atomic mass is 11.0. The van der Waals surface area contributed by atoms with E-state index in [0.717, 1.165) is 10.0 Å². The number of ether oxygens (including phenoxy) is 7. The number of methoxy groups -OCH3 is 7. The average Bonchev–Trinajstić information content (AvgIpc) is 3.34. The second-order valence-electron chi connectivity index (χ2n) is 5.93. The largest absolute Gasteiger partial charge is 0.467 e. The van der Waals surface area contributed by atoms with E-state index in [4.69, 9.17) is 22.2 Å². The van der Waals surface area contributed by atoms with E-state index in [2.05, 4.69) is 71.2 Å². The number of halogens is 1. The maximum Gasteiger partial charge on any atom is 0.429 e. The molecule has 0 aliphatic heterocycles. The molecule has 0 spiro atoms. The Labute approximate surface area is 260 Å². The lowest BCUT2D eigenvalue weighted by Crippen LogP contribution is -2.32. The second kappa shape index (κ2) is 37.9. The number of amidine groups is 1. The van der Waals surface area contributed by atoms with Crippen LogP contribution in [0.2, 0.25) is 0 Å². The molecular formula is C20H45ClN12O11. The van der Waals surface area contributed by atoms with Gasteiger partial charge in [-0.15, -0.1) is 10.2 Å². The van der Waals surface area contributed by atoms with E-state index >= 15 is 0 Å². The van der Waals surface area contributed by atoms with Gasteiger partial charge in [0.05, 0.1) is 55.8 Å². The Hall–Kier alpha value is -5.05. The summed E-state index contributed by atoms with van der Waals surface area (Å²) in [4.78, 5) is 43.0. The van der Waals surface area contributed by atoms with Gasteiger partial charge in [0, 0.05) is 39.7 Å². The van der Waals surface area contributed by atoms with Gasteiger partial charge in [0.1, 0.15) is 0 Å². The van der Waals surface area contributed by atoms with Crippen molar-refractivity contribution in [2.24, 2.45) is 29.6 Å². The number of carbonyl (C=O) groups excluding carboxylic acids is 3. The topological polar surface area (TPSA) is 323 Å². The van der Waals surface area contributed by atoms with Crippen molar-refractivity contribution in [1.82, 2.24) is 30.2 Å². The van der Waals surface area contributed by atoms with Crippen LogP contribution in [-0.4, -0.2) is 125 Å². The average molecular weight is 665 g/mol. The van der Waals surface area contributed by atoms with Gasteiger partial charge < -0.3 is 38.9 Å². The predicted molar refractivity (Wildman–Crippen MR) is 158 cm³/mol. The molecule has 1 aromatic rings. The van der Waals surface area contributed by atoms with Gasteiger partial charge in [-0.3, -0.25) is 16.3 Å². The van der Waals surface area contributed by atoms with Crippen LogP contribution in [0.25, 0.3) is 0 Å². The van der Waals surface area contributed by atoms with E-state index in [1.807, 2.05) is 0 Å². The van der Waals surface area contributed by atoms with Crippen LogP contribution < -0.4 is 33.3 Å². The SMILES string of the molecule is CC#N.CNN.COC(=N)OC.COC(=O)Cl.COC(=O)N(C)/N=C(\N)OC.COC(=O)N(C)N.COc1nn(C)c(=O)[nH]1. The standard InChI is InChI=1S/C5H11N3O3.C4H7N3O2.C3H8N2O2.C3H7NO2.C2H3ClO2.C2H3N.CH6N2/c1-8(5(9)11-3)7-4(6)10-2;1-7-4(8)5-3(6-7)9-2;1-5(4)3(6)7-2;1-5-3(4)6-2;1-5-2(3)4;1-2-3;1-3-2/h1-3H3,(H2,6,7);1-2H3,(H,5,6,8);4H2,1-2H3;4H,1-2H3;1H3;1H3;3H,2H2,1H3. The molecular weight excluding hydrogens is 620 g/mol. The van der Waals surface area contributed by atoms with Crippen LogP contribution >= 0.6 is 11.6 Å². The molecule has 0 unspecified atom stereocenters. The van der Waals surface area contributed by atoms with Gasteiger partial charge in [-0.05, 0) is 7.05 Å². The zero-order valence-corrected chi connectivity index (χ0v) is 27.5. The van der Waals surface area contributed by atoms with Gasteiger partial charge in [0.15, 0.2) is 0 Å². The Morgan fingerprint density at radius 3 is 1.55 bits per heavy atom. The molecule has 2 amide bonds. The van der Waals surface area contributed by atoms with Crippen molar-refractivity contribution >= 4 is 41.3 Å². The van der Waals surface area contributed by atoms with E-state index in [0.29, 0.717) is 0 Å². The number of nitriles is 1. The first-order valence-electron chi connectivity index (χ1n) is 11.0. The minimum atomic E-state index is -0.773. The third-order valence-corrected chi connectivity index (χ3v) is 2.99. The Balaban J connectivity index is -0.000000100. The summed E-state index contributed by atoms with van der Waals surface area (Å²) in [5.41, 5.74) is 6.35. The van der Waals surface area contributed by atoms with Crippen LogP contribution in [0.1, 0.15) is 6.92 Å². The maximum absolute atomic E-state index is 10.6. The van der Waals surface area contributed by atoms with Crippen molar-refractivity contribution in [2.75, 3.05) is 70.9 Å². The number of nitrogens with two attached hydrogens (primary N) is 3. The number of hydrazone groups is 1. The van der Waals surface area contributed by atoms with Gasteiger partial charge in [-0.25, -0.2) is 40.1 Å². The monoisotopic (exact) mass is 664 g/mol. The van der Waals surface area contributed by atoms with E-state index in [1.54, 1.807) is 20.2 Å². The molecule has 24 heteroatoms. The summed E-state index contributed by atoms with van der Waals surface area (Å²) >= 11 is 4.60. The predicted octanol–water partition coefficient (Wildman–Crippen LogP) is -0.949. The van der Waals surface area contributed by atoms with Gasteiger partial charge in [0.2, 0.25) is 0 Å². The summed E-state index contributed by atoms with van der Waals surface area (Å²) in [6.45, 7) is 1.43. The molecule has 0 aliphatic carbocycles. The lowest BCUT2D eigenvalue weighted by molar-refractivity contribution is 0.133. The summed E-state index contributed by atoms with van der Waals surface area (Å²) in [6.07, 6.45) is -1.31. The number of amides is 2. The highest BCUT2D eigenvalue weighted by Gasteiger charge is 2.06. The molecule has 44 heavy (non-hydrogen) atoms. The lowest BCUT2D eigenvalue weighted by Gasteiger charge is -2.08. The number of aromatic nitrogens is 3. The Kier molecular flexibility index (Phi) is 44.6.